The summed E-state index contributed by atoms with van der Waals surface area (Å²) < 4.78 is 0. The lowest BCUT2D eigenvalue weighted by molar-refractivity contribution is -0.138. The summed E-state index contributed by atoms with van der Waals surface area (Å²) in [6.45, 7) is 0. The van der Waals surface area contributed by atoms with Crippen LogP contribution in [-0.4, -0.2) is 17.1 Å². The fraction of sp³-hybridized carbons (Fsp3) is 0.200. The minimum absolute atomic E-state index is 0. The monoisotopic (exact) mass is 226 g/mol. The Morgan fingerprint density at radius 1 is 1.60 bits per heavy atom. The lowest BCUT2D eigenvalue weighted by atomic mass is 10.0. The summed E-state index contributed by atoms with van der Waals surface area (Å²) in [5, 5.41) is 17.2. The summed E-state index contributed by atoms with van der Waals surface area (Å²) in [5.74, 6) is -1.03. The lowest BCUT2D eigenvalue weighted by Crippen LogP contribution is -2.32. The molecule has 5 heteroatoms. The Bertz CT molecular complexity index is 387. The van der Waals surface area contributed by atoms with Crippen molar-refractivity contribution < 1.29 is 9.90 Å². The van der Waals surface area contributed by atoms with E-state index in [9.17, 15) is 4.79 Å². The summed E-state index contributed by atoms with van der Waals surface area (Å²) in [7, 11) is 0. The van der Waals surface area contributed by atoms with Crippen molar-refractivity contribution in [2.24, 2.45) is 5.73 Å². The predicted molar refractivity (Wildman–Crippen MR) is 57.7 cm³/mol. The smallest absolute Gasteiger partial charge is 0.320 e. The first-order valence-corrected chi connectivity index (χ1v) is 4.11. The van der Waals surface area contributed by atoms with Crippen LogP contribution in [0.3, 0.4) is 0 Å². The molecule has 0 aliphatic carbocycles. The average Bonchev–Trinajstić information content (AvgIpc) is 2.18. The molecule has 0 bridgehead atoms. The van der Waals surface area contributed by atoms with E-state index in [0.29, 0.717) is 5.56 Å². The molecule has 0 spiro atoms. The van der Waals surface area contributed by atoms with E-state index in [1.807, 2.05) is 6.07 Å². The van der Waals surface area contributed by atoms with Crippen LogP contribution in [0.5, 0.6) is 0 Å². The van der Waals surface area contributed by atoms with Crippen molar-refractivity contribution in [2.45, 2.75) is 12.5 Å². The minimum Gasteiger partial charge on any atom is -0.480 e. The van der Waals surface area contributed by atoms with Crippen LogP contribution in [0.1, 0.15) is 11.1 Å². The highest BCUT2D eigenvalue weighted by atomic mass is 35.5. The van der Waals surface area contributed by atoms with E-state index in [4.69, 9.17) is 16.1 Å². The maximum absolute atomic E-state index is 10.5. The van der Waals surface area contributed by atoms with E-state index < -0.39 is 12.0 Å². The predicted octanol–water partition coefficient (Wildman–Crippen LogP) is 0.934. The fourth-order valence-corrected chi connectivity index (χ4v) is 1.11. The zero-order valence-corrected chi connectivity index (χ0v) is 8.70. The second kappa shape index (κ2) is 6.02. The molecule has 15 heavy (non-hydrogen) atoms. The third kappa shape index (κ3) is 3.98. The van der Waals surface area contributed by atoms with Gasteiger partial charge in [-0.2, -0.15) is 5.26 Å². The molecular weight excluding hydrogens is 216 g/mol. The van der Waals surface area contributed by atoms with Crippen molar-refractivity contribution in [1.82, 2.24) is 0 Å². The molecular formula is C10H11ClN2O2. The number of nitrogens with two attached hydrogens (primary N) is 1. The molecule has 80 valence electrons. The van der Waals surface area contributed by atoms with Gasteiger partial charge in [-0.05, 0) is 24.1 Å². The zero-order valence-electron chi connectivity index (χ0n) is 7.88. The Balaban J connectivity index is 0.00000196. The van der Waals surface area contributed by atoms with E-state index in [1.165, 1.54) is 0 Å². The lowest BCUT2D eigenvalue weighted by Gasteiger charge is -2.05. The molecule has 0 aliphatic heterocycles. The molecule has 0 radical (unpaired) electrons. The van der Waals surface area contributed by atoms with Gasteiger partial charge in [0.25, 0.3) is 0 Å². The number of carboxylic acids is 1. The minimum atomic E-state index is -1.03. The Labute approximate surface area is 93.7 Å². The van der Waals surface area contributed by atoms with Gasteiger partial charge in [-0.3, -0.25) is 4.79 Å². The Kier molecular flexibility index (Phi) is 5.39. The third-order valence-corrected chi connectivity index (χ3v) is 1.83. The van der Waals surface area contributed by atoms with Crippen LogP contribution in [0, 0.1) is 11.3 Å². The summed E-state index contributed by atoms with van der Waals surface area (Å²) in [5.41, 5.74) is 6.63. The van der Waals surface area contributed by atoms with Gasteiger partial charge in [0.05, 0.1) is 11.6 Å². The van der Waals surface area contributed by atoms with Crippen LogP contribution in [0.2, 0.25) is 0 Å². The van der Waals surface area contributed by atoms with E-state index in [-0.39, 0.29) is 18.8 Å². The van der Waals surface area contributed by atoms with Crippen LogP contribution >= 0.6 is 12.4 Å². The van der Waals surface area contributed by atoms with Crippen LogP contribution in [0.4, 0.5) is 0 Å². The summed E-state index contributed by atoms with van der Waals surface area (Å²) >= 11 is 0. The highest BCUT2D eigenvalue weighted by molar-refractivity contribution is 5.85. The summed E-state index contributed by atoms with van der Waals surface area (Å²) in [6, 6.07) is 7.84. The molecule has 1 aromatic carbocycles. The van der Waals surface area contributed by atoms with Crippen molar-refractivity contribution in [1.29, 1.82) is 5.26 Å². The molecule has 1 aromatic rings. The van der Waals surface area contributed by atoms with Gasteiger partial charge in [-0.1, -0.05) is 12.1 Å². The van der Waals surface area contributed by atoms with Gasteiger partial charge < -0.3 is 10.8 Å². The summed E-state index contributed by atoms with van der Waals surface area (Å²) in [4.78, 5) is 10.5. The number of halogens is 1. The van der Waals surface area contributed by atoms with Gasteiger partial charge in [0, 0.05) is 0 Å². The Hall–Kier alpha value is -1.57. The maximum atomic E-state index is 10.5. The van der Waals surface area contributed by atoms with Crippen molar-refractivity contribution in [3.8, 4) is 6.07 Å². The first-order valence-electron chi connectivity index (χ1n) is 4.11. The van der Waals surface area contributed by atoms with Crippen LogP contribution < -0.4 is 5.73 Å². The van der Waals surface area contributed by atoms with E-state index in [0.717, 1.165) is 5.56 Å². The topological polar surface area (TPSA) is 87.1 Å². The van der Waals surface area contributed by atoms with Gasteiger partial charge in [-0.25, -0.2) is 0 Å². The molecule has 0 aliphatic rings. The van der Waals surface area contributed by atoms with Crippen LogP contribution in [0.25, 0.3) is 0 Å². The van der Waals surface area contributed by atoms with Crippen molar-refractivity contribution >= 4 is 18.4 Å². The molecule has 0 amide bonds. The number of nitrogens with zero attached hydrogens (tertiary/aromatic N) is 1. The SMILES string of the molecule is Cl.N#Cc1cccc(CC(N)C(=O)O)c1. The first-order chi connectivity index (χ1) is 6.63. The molecule has 4 nitrogen and oxygen atoms in total. The fourth-order valence-electron chi connectivity index (χ4n) is 1.11. The van der Waals surface area contributed by atoms with Gasteiger partial charge in [0.1, 0.15) is 6.04 Å². The van der Waals surface area contributed by atoms with Crippen molar-refractivity contribution in [3.63, 3.8) is 0 Å². The number of nitriles is 1. The van der Waals surface area contributed by atoms with Crippen molar-refractivity contribution in [2.75, 3.05) is 0 Å². The third-order valence-electron chi connectivity index (χ3n) is 1.83. The number of hydrogen-bond acceptors (Lipinski definition) is 3. The molecule has 0 saturated carbocycles. The molecule has 1 unspecified atom stereocenters. The molecule has 1 atom stereocenters. The number of rotatable bonds is 3. The van der Waals surface area contributed by atoms with Crippen molar-refractivity contribution in [3.05, 3.63) is 35.4 Å². The first kappa shape index (κ1) is 13.4. The van der Waals surface area contributed by atoms with Crippen LogP contribution in [-0.2, 0) is 11.2 Å². The molecule has 1 rings (SSSR count). The number of hydrogen-bond donors (Lipinski definition) is 2. The molecule has 0 aromatic heterocycles. The molecule has 0 heterocycles. The highest BCUT2D eigenvalue weighted by Gasteiger charge is 2.11. The van der Waals surface area contributed by atoms with Gasteiger partial charge >= 0.3 is 5.97 Å². The quantitative estimate of drug-likeness (QED) is 0.803. The number of benzene rings is 1. The molecule has 0 fully saturated rings. The van der Waals surface area contributed by atoms with Gasteiger partial charge in [-0.15, -0.1) is 12.4 Å². The number of carboxylic acid groups (broad SMARTS) is 1. The number of aliphatic carboxylic acids is 1. The number of carbonyl (C=O) groups is 1. The maximum Gasteiger partial charge on any atom is 0.320 e. The zero-order chi connectivity index (χ0) is 10.6. The highest BCUT2D eigenvalue weighted by Crippen LogP contribution is 2.06. The van der Waals surface area contributed by atoms with Crippen LogP contribution in [0.15, 0.2) is 24.3 Å². The Morgan fingerprint density at radius 3 is 2.80 bits per heavy atom. The second-order valence-corrected chi connectivity index (χ2v) is 2.96. The normalized spacial score (nSPS) is 10.9. The van der Waals surface area contributed by atoms with E-state index in [2.05, 4.69) is 0 Å². The Morgan fingerprint density at radius 2 is 2.27 bits per heavy atom. The molecule has 3 N–H and O–H groups in total. The van der Waals surface area contributed by atoms with Gasteiger partial charge in [0.2, 0.25) is 0 Å². The summed E-state index contributed by atoms with van der Waals surface area (Å²) in [6.07, 6.45) is 0.241. The van der Waals surface area contributed by atoms with Gasteiger partial charge in [0.15, 0.2) is 0 Å². The largest absolute Gasteiger partial charge is 0.480 e. The van der Waals surface area contributed by atoms with E-state index in [1.54, 1.807) is 24.3 Å². The second-order valence-electron chi connectivity index (χ2n) is 2.96. The van der Waals surface area contributed by atoms with E-state index >= 15 is 0 Å². The average molecular weight is 227 g/mol. The molecule has 0 saturated heterocycles. The standard InChI is InChI=1S/C10H10N2O2.ClH/c11-6-8-3-1-2-7(4-8)5-9(12)10(13)14;/h1-4,9H,5,12H2,(H,13,14);1H.